The number of hydrogen-bond acceptors (Lipinski definition) is 2. The lowest BCUT2D eigenvalue weighted by molar-refractivity contribution is 0.455. The maximum Gasteiger partial charge on any atom is 0.201 e. The van der Waals surface area contributed by atoms with E-state index in [-0.39, 0.29) is 5.54 Å². The Labute approximate surface area is 119 Å². The molecule has 1 aromatic heterocycles. The zero-order chi connectivity index (χ0) is 14.3. The number of aromatic nitrogens is 2. The summed E-state index contributed by atoms with van der Waals surface area (Å²) in [6, 6.07) is 16.6. The molecule has 0 aliphatic carbocycles. The van der Waals surface area contributed by atoms with E-state index >= 15 is 0 Å². The van der Waals surface area contributed by atoms with E-state index in [4.69, 9.17) is 5.73 Å². The molecule has 0 spiro atoms. The highest BCUT2D eigenvalue weighted by Crippen LogP contribution is 2.31. The summed E-state index contributed by atoms with van der Waals surface area (Å²) < 4.78 is 2.11. The molecule has 0 unspecified atom stereocenters. The molecule has 0 saturated carbocycles. The first-order chi connectivity index (χ1) is 9.50. The van der Waals surface area contributed by atoms with Crippen LogP contribution in [-0.4, -0.2) is 17.4 Å². The fraction of sp³-hybridized carbons (Fsp3) is 0.188. The number of imidazole rings is 1. The molecule has 0 aliphatic heterocycles. The normalized spacial score (nSPS) is 11.9. The number of hydrogen-bond donors (Lipinski definition) is 1. The van der Waals surface area contributed by atoms with E-state index in [0.717, 1.165) is 11.0 Å². The van der Waals surface area contributed by atoms with Gasteiger partial charge < -0.3 is 10.3 Å². The molecule has 3 aromatic rings. The minimum absolute atomic E-state index is 0.241. The second kappa shape index (κ2) is 4.41. The van der Waals surface area contributed by atoms with E-state index in [1.165, 1.54) is 11.0 Å². The van der Waals surface area contributed by atoms with E-state index < -0.39 is 0 Å². The summed E-state index contributed by atoms with van der Waals surface area (Å²) in [6.07, 6.45) is 0. The predicted molar refractivity (Wildman–Crippen MR) is 87.2 cm³/mol. The summed E-state index contributed by atoms with van der Waals surface area (Å²) in [4.78, 5) is 4.51. The molecule has 3 rings (SSSR count). The van der Waals surface area contributed by atoms with Crippen LogP contribution in [0.1, 0.15) is 19.4 Å². The maximum absolute atomic E-state index is 6.18. The van der Waals surface area contributed by atoms with Crippen molar-refractivity contribution >= 4 is 30.3 Å². The van der Waals surface area contributed by atoms with Crippen molar-refractivity contribution in [1.29, 1.82) is 0 Å². The molecule has 0 saturated heterocycles. The average Bonchev–Trinajstić information content (AvgIpc) is 2.75. The van der Waals surface area contributed by atoms with Crippen LogP contribution < -0.4 is 11.2 Å². The van der Waals surface area contributed by atoms with E-state index in [1.807, 2.05) is 6.07 Å². The van der Waals surface area contributed by atoms with Gasteiger partial charge in [0, 0.05) is 0 Å². The Morgan fingerprint density at radius 2 is 1.80 bits per heavy atom. The number of nitrogen functional groups attached to an aromatic ring is 1. The average molecular weight is 263 g/mol. The molecule has 1 heterocycles. The molecule has 0 atom stereocenters. The fourth-order valence-electron chi connectivity index (χ4n) is 2.77. The van der Waals surface area contributed by atoms with Gasteiger partial charge in [-0.1, -0.05) is 41.9 Å². The fourth-order valence-corrected chi connectivity index (χ4v) is 2.77. The second-order valence-corrected chi connectivity index (χ2v) is 5.72. The Morgan fingerprint density at radius 1 is 1.10 bits per heavy atom. The monoisotopic (exact) mass is 263 g/mol. The van der Waals surface area contributed by atoms with Gasteiger partial charge in [-0.15, -0.1) is 0 Å². The lowest BCUT2D eigenvalue weighted by atomic mass is 9.93. The Balaban J connectivity index is 2.26. The third kappa shape index (κ3) is 1.88. The maximum atomic E-state index is 6.18. The van der Waals surface area contributed by atoms with E-state index in [0.29, 0.717) is 5.95 Å². The van der Waals surface area contributed by atoms with Gasteiger partial charge >= 0.3 is 0 Å². The van der Waals surface area contributed by atoms with Gasteiger partial charge in [-0.3, -0.25) is 0 Å². The number of anilines is 1. The molecule has 0 bridgehead atoms. The molecule has 4 heteroatoms. The Bertz CT molecular complexity index is 760. The summed E-state index contributed by atoms with van der Waals surface area (Å²) in [5.41, 5.74) is 10.4. The van der Waals surface area contributed by atoms with Crippen LogP contribution in [0.3, 0.4) is 0 Å². The zero-order valence-electron chi connectivity index (χ0n) is 12.1. The second-order valence-electron chi connectivity index (χ2n) is 5.72. The van der Waals surface area contributed by atoms with Crippen molar-refractivity contribution in [3.63, 3.8) is 0 Å². The first-order valence-corrected chi connectivity index (χ1v) is 6.81. The number of fused-ring (bicyclic) bond motifs is 1. The van der Waals surface area contributed by atoms with Crippen LogP contribution in [0.15, 0.2) is 48.5 Å². The number of nitrogens with two attached hydrogens (primary N) is 1. The van der Waals surface area contributed by atoms with Gasteiger partial charge in [0.1, 0.15) is 7.85 Å². The molecular weight excluding hydrogens is 245 g/mol. The van der Waals surface area contributed by atoms with Gasteiger partial charge in [0.2, 0.25) is 5.95 Å². The highest BCUT2D eigenvalue weighted by atomic mass is 15.2. The molecule has 0 radical (unpaired) electrons. The molecule has 0 aliphatic rings. The zero-order valence-corrected chi connectivity index (χ0v) is 12.1. The first-order valence-electron chi connectivity index (χ1n) is 6.81. The van der Waals surface area contributed by atoms with Gasteiger partial charge in [0.05, 0.1) is 16.6 Å². The number of rotatable bonds is 2. The largest absolute Gasteiger partial charge is 0.369 e. The lowest BCUT2D eigenvalue weighted by Gasteiger charge is -2.29. The van der Waals surface area contributed by atoms with Crippen LogP contribution in [0, 0.1) is 0 Å². The van der Waals surface area contributed by atoms with Crippen molar-refractivity contribution in [3.8, 4) is 0 Å². The van der Waals surface area contributed by atoms with Crippen LogP contribution in [0.5, 0.6) is 0 Å². The predicted octanol–water partition coefficient (Wildman–Crippen LogP) is 1.66. The molecule has 0 amide bonds. The quantitative estimate of drug-likeness (QED) is 0.714. The van der Waals surface area contributed by atoms with E-state index in [2.05, 4.69) is 73.7 Å². The Kier molecular flexibility index (Phi) is 2.82. The Morgan fingerprint density at radius 3 is 2.50 bits per heavy atom. The van der Waals surface area contributed by atoms with Gasteiger partial charge in [-0.05, 0) is 31.5 Å². The number of nitrogens with zero attached hydrogens (tertiary/aromatic N) is 2. The molecule has 0 fully saturated rings. The van der Waals surface area contributed by atoms with Gasteiger partial charge in [0.15, 0.2) is 0 Å². The van der Waals surface area contributed by atoms with Crippen LogP contribution in [-0.2, 0) is 5.54 Å². The van der Waals surface area contributed by atoms with Gasteiger partial charge in [-0.25, -0.2) is 4.98 Å². The number of benzene rings is 2. The topological polar surface area (TPSA) is 43.8 Å². The van der Waals surface area contributed by atoms with Crippen LogP contribution >= 0.6 is 0 Å². The van der Waals surface area contributed by atoms with Crippen molar-refractivity contribution in [2.45, 2.75) is 19.4 Å². The molecule has 2 aromatic carbocycles. The Hall–Kier alpha value is -2.23. The minimum atomic E-state index is -0.241. The highest BCUT2D eigenvalue weighted by Gasteiger charge is 2.26. The molecule has 3 nitrogen and oxygen atoms in total. The first kappa shape index (κ1) is 12.8. The summed E-state index contributed by atoms with van der Waals surface area (Å²) in [6.45, 7) is 4.33. The van der Waals surface area contributed by atoms with Gasteiger partial charge in [-0.2, -0.15) is 0 Å². The van der Waals surface area contributed by atoms with Crippen molar-refractivity contribution in [3.05, 3.63) is 54.1 Å². The minimum Gasteiger partial charge on any atom is -0.369 e. The van der Waals surface area contributed by atoms with Crippen molar-refractivity contribution in [1.82, 2.24) is 9.55 Å². The summed E-state index contributed by atoms with van der Waals surface area (Å²) in [7, 11) is 2.07. The summed E-state index contributed by atoms with van der Waals surface area (Å²) in [5.74, 6) is 0.555. The third-order valence-electron chi connectivity index (χ3n) is 3.88. The van der Waals surface area contributed by atoms with Crippen LogP contribution in [0.25, 0.3) is 11.0 Å². The van der Waals surface area contributed by atoms with E-state index in [1.54, 1.807) is 0 Å². The molecule has 20 heavy (non-hydrogen) atoms. The van der Waals surface area contributed by atoms with E-state index in [9.17, 15) is 0 Å². The third-order valence-corrected chi connectivity index (χ3v) is 3.88. The van der Waals surface area contributed by atoms with Crippen molar-refractivity contribution in [2.75, 3.05) is 5.73 Å². The van der Waals surface area contributed by atoms with Crippen molar-refractivity contribution in [2.24, 2.45) is 0 Å². The lowest BCUT2D eigenvalue weighted by Crippen LogP contribution is -2.28. The smallest absolute Gasteiger partial charge is 0.201 e. The summed E-state index contributed by atoms with van der Waals surface area (Å²) >= 11 is 0. The molecule has 100 valence electrons. The standard InChI is InChI=1S/C16H18BN3/c1-16(2,11-6-4-3-5-7-11)20-14-9-8-12(17)10-13(14)19-15(20)18/h3-10H,17H2,1-2H3,(H2,18,19). The molecule has 2 N–H and O–H groups in total. The van der Waals surface area contributed by atoms with Gasteiger partial charge in [0.25, 0.3) is 0 Å². The highest BCUT2D eigenvalue weighted by molar-refractivity contribution is 6.33. The van der Waals surface area contributed by atoms with Crippen molar-refractivity contribution < 1.29 is 0 Å². The van der Waals surface area contributed by atoms with Crippen LogP contribution in [0.2, 0.25) is 0 Å². The SMILES string of the molecule is Bc1ccc2c(c1)nc(N)n2C(C)(C)c1ccccc1. The molecular formula is C16H18BN3. The summed E-state index contributed by atoms with van der Waals surface area (Å²) in [5, 5.41) is 0. The van der Waals surface area contributed by atoms with Crippen LogP contribution in [0.4, 0.5) is 5.95 Å².